The number of nitrogens with one attached hydrogen (secondary N) is 1. The van der Waals surface area contributed by atoms with E-state index in [1.54, 1.807) is 53.3 Å². The molecule has 0 radical (unpaired) electrons. The summed E-state index contributed by atoms with van der Waals surface area (Å²) >= 11 is 15.6. The number of halogens is 3. The molecule has 8 nitrogen and oxygen atoms in total. The van der Waals surface area contributed by atoms with Gasteiger partial charge in [0, 0.05) is 22.3 Å². The summed E-state index contributed by atoms with van der Waals surface area (Å²) in [6.45, 7) is 0.748. The first-order valence-electron chi connectivity index (χ1n) is 10.0. The monoisotopic (exact) mass is 563 g/mol. The molecule has 1 aliphatic heterocycles. The number of carbonyl (C=O) groups excluding carboxylic acids is 1. The zero-order chi connectivity index (χ0) is 23.7. The van der Waals surface area contributed by atoms with Crippen LogP contribution in [0.5, 0.6) is 17.2 Å². The van der Waals surface area contributed by atoms with Crippen molar-refractivity contribution in [2.75, 3.05) is 12.1 Å². The minimum atomic E-state index is -0.440. The molecule has 0 aliphatic carbocycles. The summed E-state index contributed by atoms with van der Waals surface area (Å²) < 4.78 is 24.2. The normalized spacial score (nSPS) is 12.1. The van der Waals surface area contributed by atoms with Crippen molar-refractivity contribution < 1.29 is 23.4 Å². The molecule has 2 aromatic heterocycles. The Morgan fingerprint density at radius 2 is 1.97 bits per heavy atom. The third-order valence-corrected chi connectivity index (χ3v) is 6.07. The highest BCUT2D eigenvalue weighted by molar-refractivity contribution is 9.10. The molecule has 0 spiro atoms. The number of rotatable bonds is 7. The largest absolute Gasteiger partial charge is 0.486 e. The molecular weight excluding hydrogens is 549 g/mol. The van der Waals surface area contributed by atoms with Crippen molar-refractivity contribution in [3.05, 3.63) is 86.3 Å². The molecule has 1 amide bonds. The summed E-state index contributed by atoms with van der Waals surface area (Å²) in [6.07, 6.45) is 1.74. The lowest BCUT2D eigenvalue weighted by Crippen LogP contribution is -2.12. The lowest BCUT2D eigenvalue weighted by Gasteiger charge is -2.05. The second-order valence-electron chi connectivity index (χ2n) is 7.28. The fourth-order valence-electron chi connectivity index (χ4n) is 3.25. The van der Waals surface area contributed by atoms with Crippen LogP contribution in [0.1, 0.15) is 21.9 Å². The zero-order valence-corrected chi connectivity index (χ0v) is 20.5. The maximum atomic E-state index is 12.7. The Morgan fingerprint density at radius 1 is 1.12 bits per heavy atom. The fraction of sp³-hybridized carbons (Fsp3) is 0.130. The number of aromatic nitrogens is 2. The van der Waals surface area contributed by atoms with Gasteiger partial charge in [0.25, 0.3) is 5.91 Å². The number of carbonyl (C=O) groups is 1. The van der Waals surface area contributed by atoms with Crippen LogP contribution in [-0.2, 0) is 13.2 Å². The van der Waals surface area contributed by atoms with Crippen LogP contribution in [0.2, 0.25) is 10.0 Å². The van der Waals surface area contributed by atoms with Gasteiger partial charge in [-0.2, -0.15) is 5.10 Å². The Morgan fingerprint density at radius 3 is 2.82 bits per heavy atom. The molecule has 0 saturated carbocycles. The van der Waals surface area contributed by atoms with E-state index in [9.17, 15) is 4.79 Å². The van der Waals surface area contributed by atoms with E-state index < -0.39 is 5.91 Å². The highest BCUT2D eigenvalue weighted by Gasteiger charge is 2.17. The fourth-order valence-corrected chi connectivity index (χ4v) is 4.14. The summed E-state index contributed by atoms with van der Waals surface area (Å²) in [5.74, 6) is 2.43. The molecule has 3 heterocycles. The summed E-state index contributed by atoms with van der Waals surface area (Å²) in [5, 5.41) is 8.23. The second-order valence-corrected chi connectivity index (χ2v) is 8.98. The number of anilines is 1. The van der Waals surface area contributed by atoms with Crippen LogP contribution in [-0.4, -0.2) is 22.5 Å². The molecular formula is C23H16BrCl2N3O5. The van der Waals surface area contributed by atoms with E-state index in [0.717, 1.165) is 5.56 Å². The van der Waals surface area contributed by atoms with E-state index in [-0.39, 0.29) is 19.2 Å². The van der Waals surface area contributed by atoms with Gasteiger partial charge in [-0.1, -0.05) is 29.3 Å². The lowest BCUT2D eigenvalue weighted by molar-refractivity contribution is 0.0992. The van der Waals surface area contributed by atoms with Gasteiger partial charge in [-0.05, 0) is 57.9 Å². The minimum absolute atomic E-state index is 0.131. The summed E-state index contributed by atoms with van der Waals surface area (Å²) in [4.78, 5) is 12.7. The average molecular weight is 565 g/mol. The Kier molecular flexibility index (Phi) is 6.40. The standard InChI is InChI=1S/C23H16BrCl2N3O5/c24-17-10-29(9-13-1-2-14(25)7-18(13)26)28-22(17)27-23(30)20-6-4-16(34-20)11-31-15-3-5-19-21(8-15)33-12-32-19/h1-8,10H,9,11-12H2,(H,27,28,30). The van der Waals surface area contributed by atoms with Crippen LogP contribution < -0.4 is 19.5 Å². The van der Waals surface area contributed by atoms with Gasteiger partial charge in [0.1, 0.15) is 18.1 Å². The van der Waals surface area contributed by atoms with Gasteiger partial charge >= 0.3 is 0 Å². The number of furan rings is 1. The molecule has 0 saturated heterocycles. The molecule has 0 atom stereocenters. The van der Waals surface area contributed by atoms with Gasteiger partial charge in [-0.3, -0.25) is 9.48 Å². The van der Waals surface area contributed by atoms with E-state index in [1.807, 2.05) is 6.07 Å². The van der Waals surface area contributed by atoms with Crippen molar-refractivity contribution in [1.82, 2.24) is 9.78 Å². The third-order valence-electron chi connectivity index (χ3n) is 4.91. The Labute approximate surface area is 212 Å². The van der Waals surface area contributed by atoms with Crippen molar-refractivity contribution >= 4 is 50.9 Å². The first-order chi connectivity index (χ1) is 16.4. The number of hydrogen-bond acceptors (Lipinski definition) is 6. The molecule has 2 aromatic carbocycles. The van der Waals surface area contributed by atoms with Gasteiger partial charge in [0.15, 0.2) is 23.1 Å². The minimum Gasteiger partial charge on any atom is -0.486 e. The van der Waals surface area contributed by atoms with Crippen LogP contribution in [0.4, 0.5) is 5.82 Å². The number of amides is 1. The van der Waals surface area contributed by atoms with Crippen LogP contribution in [0.3, 0.4) is 0 Å². The molecule has 1 aliphatic rings. The van der Waals surface area contributed by atoms with Crippen molar-refractivity contribution in [2.45, 2.75) is 13.2 Å². The Hall–Kier alpha value is -3.14. The molecule has 34 heavy (non-hydrogen) atoms. The van der Waals surface area contributed by atoms with E-state index in [1.165, 1.54) is 0 Å². The maximum Gasteiger partial charge on any atom is 0.292 e. The van der Waals surface area contributed by atoms with Crippen molar-refractivity contribution in [2.24, 2.45) is 0 Å². The molecule has 0 unspecified atom stereocenters. The lowest BCUT2D eigenvalue weighted by atomic mass is 10.2. The maximum absolute atomic E-state index is 12.7. The van der Waals surface area contributed by atoms with Crippen LogP contribution in [0, 0.1) is 0 Å². The number of hydrogen-bond donors (Lipinski definition) is 1. The molecule has 0 bridgehead atoms. The van der Waals surface area contributed by atoms with Crippen molar-refractivity contribution in [3.63, 3.8) is 0 Å². The molecule has 11 heteroatoms. The first kappa shape index (κ1) is 22.6. The van der Waals surface area contributed by atoms with Gasteiger partial charge in [-0.25, -0.2) is 0 Å². The second kappa shape index (κ2) is 9.61. The molecule has 0 fully saturated rings. The topological polar surface area (TPSA) is 87.8 Å². The average Bonchev–Trinajstić information content (AvgIpc) is 3.54. The predicted molar refractivity (Wildman–Crippen MR) is 129 cm³/mol. The van der Waals surface area contributed by atoms with Crippen LogP contribution in [0.15, 0.2) is 63.6 Å². The van der Waals surface area contributed by atoms with E-state index in [0.29, 0.717) is 49.9 Å². The van der Waals surface area contributed by atoms with Gasteiger partial charge in [0.05, 0.1) is 11.0 Å². The highest BCUT2D eigenvalue weighted by Crippen LogP contribution is 2.35. The molecule has 1 N–H and O–H groups in total. The highest BCUT2D eigenvalue weighted by atomic mass is 79.9. The van der Waals surface area contributed by atoms with Gasteiger partial charge in [-0.15, -0.1) is 0 Å². The van der Waals surface area contributed by atoms with Crippen LogP contribution in [0.25, 0.3) is 0 Å². The number of ether oxygens (including phenoxy) is 3. The van der Waals surface area contributed by atoms with Gasteiger partial charge in [0.2, 0.25) is 6.79 Å². The SMILES string of the molecule is O=C(Nc1nn(Cc2ccc(Cl)cc2Cl)cc1Br)c1ccc(COc2ccc3c(c2)OCO3)o1. The summed E-state index contributed by atoms with van der Waals surface area (Å²) in [6, 6.07) is 13.8. The van der Waals surface area contributed by atoms with E-state index in [2.05, 4.69) is 26.3 Å². The Bertz CT molecular complexity index is 1370. The van der Waals surface area contributed by atoms with E-state index >= 15 is 0 Å². The zero-order valence-electron chi connectivity index (χ0n) is 17.4. The third kappa shape index (κ3) is 5.01. The first-order valence-corrected chi connectivity index (χ1v) is 11.6. The molecule has 5 rings (SSSR count). The number of fused-ring (bicyclic) bond motifs is 1. The van der Waals surface area contributed by atoms with Gasteiger partial charge < -0.3 is 23.9 Å². The van der Waals surface area contributed by atoms with E-state index in [4.69, 9.17) is 41.8 Å². The Balaban J connectivity index is 1.20. The number of nitrogens with zero attached hydrogens (tertiary/aromatic N) is 2. The summed E-state index contributed by atoms with van der Waals surface area (Å²) in [5.41, 5.74) is 0.845. The molecule has 4 aromatic rings. The number of benzene rings is 2. The van der Waals surface area contributed by atoms with Crippen molar-refractivity contribution in [3.8, 4) is 17.2 Å². The smallest absolute Gasteiger partial charge is 0.292 e. The molecule has 174 valence electrons. The predicted octanol–water partition coefficient (Wildman–Crippen LogP) is 6.15. The summed E-state index contributed by atoms with van der Waals surface area (Å²) in [7, 11) is 0. The quantitative estimate of drug-likeness (QED) is 0.289. The van der Waals surface area contributed by atoms with Crippen molar-refractivity contribution in [1.29, 1.82) is 0 Å². The van der Waals surface area contributed by atoms with Crippen LogP contribution >= 0.6 is 39.1 Å².